The van der Waals surface area contributed by atoms with Crippen LogP contribution in [-0.4, -0.2) is 23.1 Å². The Bertz CT molecular complexity index is 580. The van der Waals surface area contributed by atoms with Crippen LogP contribution in [0.15, 0.2) is 25.0 Å². The van der Waals surface area contributed by atoms with Crippen molar-refractivity contribution in [2.75, 3.05) is 13.1 Å². The maximum absolute atomic E-state index is 8.49. The fourth-order valence-corrected chi connectivity index (χ4v) is 1.31. The molecule has 10 N–H and O–H groups in total. The van der Waals surface area contributed by atoms with E-state index in [1.54, 1.807) is 0 Å². The van der Waals surface area contributed by atoms with Gasteiger partial charge in [0.05, 0.1) is 25.9 Å². The van der Waals surface area contributed by atoms with Gasteiger partial charge in [-0.1, -0.05) is 0 Å². The molecule has 2 heterocycles. The lowest BCUT2D eigenvalue weighted by atomic mass is 10.3. The van der Waals surface area contributed by atoms with Gasteiger partial charge in [0.2, 0.25) is 12.7 Å². The second-order valence-corrected chi connectivity index (χ2v) is 7.99. The molecule has 2 rings (SSSR count). The first-order chi connectivity index (χ1) is 15.9. The summed E-state index contributed by atoms with van der Waals surface area (Å²) in [6.45, 7) is 1.91. The SMILES string of the molecule is [NH3+]CCc1c[nH+]c[nH]1.[NH3+]CCc1c[nH+]c[nH]1.[O-][Cl+3]([O-])([O-])[O-].[O-][Cl+3]([O-])([O-])[O-].[O-][Cl+3]([O-])([O-])[O-].[O-][Cl+3]([O-])([O-])[O-]. The quantitative estimate of drug-likeness (QED) is 0.245. The predicted octanol–water partition coefficient (Wildman–Crippen LogP) is -21.8. The van der Waals surface area contributed by atoms with Gasteiger partial charge >= 0.3 is 0 Å². The Labute approximate surface area is 209 Å². The van der Waals surface area contributed by atoms with E-state index in [0.717, 1.165) is 25.9 Å². The summed E-state index contributed by atoms with van der Waals surface area (Å²) in [6, 6.07) is 0. The molecule has 216 valence electrons. The van der Waals surface area contributed by atoms with Crippen molar-refractivity contribution in [3.05, 3.63) is 36.4 Å². The molecule has 2 aromatic heterocycles. The summed E-state index contributed by atoms with van der Waals surface area (Å²) in [5.41, 5.74) is 9.90. The van der Waals surface area contributed by atoms with Crippen LogP contribution in [0.5, 0.6) is 0 Å². The Balaban J connectivity index is -0.000000174. The van der Waals surface area contributed by atoms with Gasteiger partial charge < -0.3 is 11.5 Å². The third kappa shape index (κ3) is 93.8. The number of H-pyrrole nitrogens is 4. The fourth-order valence-electron chi connectivity index (χ4n) is 1.31. The summed E-state index contributed by atoms with van der Waals surface area (Å²) in [5, 5.41) is 0. The third-order valence-corrected chi connectivity index (χ3v) is 2.09. The number of quaternary nitrogens is 2. The molecule has 0 atom stereocenters. The predicted molar refractivity (Wildman–Crippen MR) is 57.6 cm³/mol. The Hall–Kier alpha value is -1.14. The van der Waals surface area contributed by atoms with Gasteiger partial charge in [0.25, 0.3) is 0 Å². The monoisotopic (exact) mass is 622 g/mol. The average molecular weight is 624 g/mol. The molecular weight excluding hydrogens is 602 g/mol. The summed E-state index contributed by atoms with van der Waals surface area (Å²) < 4.78 is 136. The maximum Gasteiger partial charge on any atom is 0.239 e. The molecule has 0 aliphatic heterocycles. The first-order valence-corrected chi connectivity index (χ1v) is 12.9. The van der Waals surface area contributed by atoms with E-state index in [1.165, 1.54) is 11.4 Å². The summed E-state index contributed by atoms with van der Waals surface area (Å²) in [5.74, 6) is 0. The Kier molecular flexibility index (Phi) is 25.5. The topological polar surface area (TPSA) is 484 Å². The maximum atomic E-state index is 8.49. The number of halogens is 4. The second kappa shape index (κ2) is 21.9. The molecule has 0 fully saturated rings. The summed E-state index contributed by atoms with van der Waals surface area (Å²) in [7, 11) is -19.8. The van der Waals surface area contributed by atoms with Crippen molar-refractivity contribution in [2.45, 2.75) is 12.8 Å². The zero-order valence-corrected chi connectivity index (χ0v) is 20.6. The minimum absolute atomic E-state index is 0.953. The van der Waals surface area contributed by atoms with Crippen molar-refractivity contribution in [3.8, 4) is 0 Å². The number of rotatable bonds is 4. The molecule has 22 nitrogen and oxygen atoms in total. The molecule has 0 aliphatic carbocycles. The molecule has 2 aromatic rings. The zero-order chi connectivity index (χ0) is 29.6. The van der Waals surface area contributed by atoms with Gasteiger partial charge in [-0.15, -0.1) is 41.0 Å². The molecule has 0 saturated heterocycles. The summed E-state index contributed by atoms with van der Waals surface area (Å²) in [6.07, 6.45) is 9.58. The number of aromatic nitrogens is 4. The molecule has 0 saturated carbocycles. The third-order valence-electron chi connectivity index (χ3n) is 2.09. The van der Waals surface area contributed by atoms with Crippen LogP contribution in [0, 0.1) is 41.0 Å². The van der Waals surface area contributed by atoms with E-state index < -0.39 is 41.0 Å². The van der Waals surface area contributed by atoms with E-state index in [2.05, 4.69) is 31.4 Å². The first-order valence-electron chi connectivity index (χ1n) is 7.99. The van der Waals surface area contributed by atoms with Gasteiger partial charge in [0.1, 0.15) is 23.8 Å². The van der Waals surface area contributed by atoms with Crippen molar-refractivity contribution in [1.82, 2.24) is 9.97 Å². The van der Waals surface area contributed by atoms with Crippen LogP contribution in [-0.2, 0) is 12.8 Å². The molecule has 0 amide bonds. The number of hydrogen-bond donors (Lipinski definition) is 4. The number of aromatic amines is 4. The molecule has 36 heavy (non-hydrogen) atoms. The lowest BCUT2D eigenvalue weighted by Crippen LogP contribution is -2.68. The lowest BCUT2D eigenvalue weighted by Gasteiger charge is -2.17. The van der Waals surface area contributed by atoms with Crippen molar-refractivity contribution in [2.24, 2.45) is 0 Å². The number of hydrogen-bond acceptors (Lipinski definition) is 16. The highest BCUT2D eigenvalue weighted by molar-refractivity contribution is 4.88. The fraction of sp³-hybridized carbons (Fsp3) is 0.400. The molecule has 0 aliphatic rings. The van der Waals surface area contributed by atoms with E-state index in [1.807, 2.05) is 25.0 Å². The molecular formula is C10H22Cl4N6O16. The van der Waals surface area contributed by atoms with E-state index in [4.69, 9.17) is 74.5 Å². The van der Waals surface area contributed by atoms with Gasteiger partial charge in [0.15, 0.2) is 0 Å². The minimum Gasteiger partial charge on any atom is -0.357 e. The van der Waals surface area contributed by atoms with Gasteiger partial charge in [0, 0.05) is 0 Å². The largest absolute Gasteiger partial charge is 0.357 e. The number of imidazole rings is 2. The van der Waals surface area contributed by atoms with Gasteiger partial charge in [-0.05, 0) is 0 Å². The molecule has 0 aromatic carbocycles. The zero-order valence-electron chi connectivity index (χ0n) is 17.6. The lowest BCUT2D eigenvalue weighted by molar-refractivity contribution is -2.00. The van der Waals surface area contributed by atoms with E-state index in [0.29, 0.717) is 0 Å². The molecule has 0 radical (unpaired) electrons. The standard InChI is InChI=1S/2C5H9N3.4ClHO4/c2*6-2-1-5-3-7-4-8-5;4*2-1(3,4)5/h2*3-4H,1-2,6H2,(H,7,8);4*(H,2,3,4,5). The minimum atomic E-state index is -4.94. The normalized spacial score (nSPS) is 10.9. The van der Waals surface area contributed by atoms with Gasteiger partial charge in [-0.25, -0.2) is 84.5 Å². The second-order valence-electron chi connectivity index (χ2n) is 4.97. The van der Waals surface area contributed by atoms with Crippen LogP contribution >= 0.6 is 0 Å². The van der Waals surface area contributed by atoms with Crippen LogP contribution < -0.4 is 96.0 Å². The van der Waals surface area contributed by atoms with Crippen LogP contribution in [0.1, 0.15) is 11.4 Å². The van der Waals surface area contributed by atoms with Crippen molar-refractivity contribution in [1.29, 1.82) is 0 Å². The van der Waals surface area contributed by atoms with Crippen molar-refractivity contribution < 1.29 is 137 Å². The molecule has 0 spiro atoms. The highest BCUT2D eigenvalue weighted by Gasteiger charge is 1.96. The summed E-state index contributed by atoms with van der Waals surface area (Å²) in [4.78, 5) is 11.9. The highest BCUT2D eigenvalue weighted by atomic mass is 35.7. The Morgan fingerprint density at radius 1 is 0.500 bits per heavy atom. The molecule has 26 heteroatoms. The van der Waals surface area contributed by atoms with Crippen molar-refractivity contribution >= 4 is 0 Å². The average Bonchev–Trinajstić information content (AvgIpc) is 3.23. The van der Waals surface area contributed by atoms with Crippen LogP contribution in [0.25, 0.3) is 0 Å². The van der Waals surface area contributed by atoms with E-state index in [9.17, 15) is 0 Å². The van der Waals surface area contributed by atoms with Crippen LogP contribution in [0.4, 0.5) is 0 Å². The van der Waals surface area contributed by atoms with Gasteiger partial charge in [-0.2, -0.15) is 0 Å². The van der Waals surface area contributed by atoms with E-state index in [-0.39, 0.29) is 0 Å². The first kappa shape index (κ1) is 42.0. The molecule has 0 bridgehead atoms. The smallest absolute Gasteiger partial charge is 0.239 e. The highest BCUT2D eigenvalue weighted by Crippen LogP contribution is 1.84. The van der Waals surface area contributed by atoms with Gasteiger partial charge in [-0.3, -0.25) is 9.97 Å². The van der Waals surface area contributed by atoms with Crippen LogP contribution in [0.3, 0.4) is 0 Å². The Morgan fingerprint density at radius 2 is 0.694 bits per heavy atom. The summed E-state index contributed by atoms with van der Waals surface area (Å²) >= 11 is 0. The Morgan fingerprint density at radius 3 is 0.806 bits per heavy atom. The van der Waals surface area contributed by atoms with E-state index >= 15 is 0 Å². The van der Waals surface area contributed by atoms with Crippen molar-refractivity contribution in [3.63, 3.8) is 0 Å². The number of nitrogens with one attached hydrogen (secondary N) is 4. The van der Waals surface area contributed by atoms with Crippen LogP contribution in [0.2, 0.25) is 0 Å². The molecule has 0 unspecified atom stereocenters.